The van der Waals surface area contributed by atoms with Crippen LogP contribution in [0.4, 0.5) is 0 Å². The number of aliphatic hydroxyl groups is 2. The van der Waals surface area contributed by atoms with E-state index in [4.69, 9.17) is 9.84 Å². The predicted octanol–water partition coefficient (Wildman–Crippen LogP) is 1.90. The molecule has 0 aromatic carbocycles. The zero-order valence-corrected chi connectivity index (χ0v) is 15.0. The smallest absolute Gasteiger partial charge is 0.478 e. The van der Waals surface area contributed by atoms with Crippen molar-refractivity contribution in [1.82, 2.24) is 0 Å². The van der Waals surface area contributed by atoms with Gasteiger partial charge < -0.3 is 14.9 Å². The summed E-state index contributed by atoms with van der Waals surface area (Å²) < 4.78 is 5.43. The molecule has 0 aromatic rings. The van der Waals surface area contributed by atoms with Crippen LogP contribution in [-0.2, 0) is 21.8 Å². The van der Waals surface area contributed by atoms with Crippen molar-refractivity contribution < 1.29 is 32.0 Å². The average molecular weight is 369 g/mol. The van der Waals surface area contributed by atoms with Gasteiger partial charge in [0.25, 0.3) is 0 Å². The first-order chi connectivity index (χ1) is 11.0. The minimum Gasteiger partial charge on any atom is -0.478 e. The molecule has 0 bridgehead atoms. The molecule has 1 atom stereocenters. The van der Waals surface area contributed by atoms with E-state index in [1.54, 1.807) is 19.9 Å². The number of allylic oxidation sites excluding steroid dienone is 1. The number of nitrogens with zero attached hydrogens (tertiary/aromatic N) is 1. The molecule has 5 heteroatoms. The molecule has 3 rings (SSSR count). The summed E-state index contributed by atoms with van der Waals surface area (Å²) in [7, 11) is 0. The van der Waals surface area contributed by atoms with Crippen molar-refractivity contribution in [3.63, 3.8) is 0 Å². The SMILES string of the molecule is CC(C)(O)[C@@H]1COC([C]2[CH][CH][CH][CH]2)=N1.OC/C=C/[C]1[CH][CH][CH][CH]1.[Fe+2]. The molecule has 4 nitrogen and oxygen atoms in total. The summed E-state index contributed by atoms with van der Waals surface area (Å²) in [6.45, 7) is 4.08. The molecule has 128 valence electrons. The van der Waals surface area contributed by atoms with Gasteiger partial charge in [0.1, 0.15) is 12.6 Å². The topological polar surface area (TPSA) is 62.0 Å². The monoisotopic (exact) mass is 369 g/mol. The summed E-state index contributed by atoms with van der Waals surface area (Å²) in [6, 6.07) is -0.160. The maximum atomic E-state index is 9.75. The summed E-state index contributed by atoms with van der Waals surface area (Å²) in [5.74, 6) is 2.77. The minimum absolute atomic E-state index is 0. The Bertz CT molecular complexity index is 405. The zero-order valence-electron chi connectivity index (χ0n) is 13.9. The first-order valence-electron chi connectivity index (χ1n) is 7.65. The van der Waals surface area contributed by atoms with Gasteiger partial charge in [-0.15, -0.1) is 0 Å². The number of aliphatic hydroxyl groups excluding tert-OH is 1. The second kappa shape index (κ2) is 10.6. The van der Waals surface area contributed by atoms with E-state index >= 15 is 0 Å². The van der Waals surface area contributed by atoms with Crippen molar-refractivity contribution in [1.29, 1.82) is 0 Å². The first-order valence-corrected chi connectivity index (χ1v) is 7.65. The molecule has 10 radical (unpaired) electrons. The Balaban J connectivity index is 0.000000252. The summed E-state index contributed by atoms with van der Waals surface area (Å²) >= 11 is 0. The van der Waals surface area contributed by atoms with Crippen LogP contribution >= 0.6 is 0 Å². The van der Waals surface area contributed by atoms with Crippen LogP contribution in [0.3, 0.4) is 0 Å². The molecular weight excluding hydrogens is 346 g/mol. The van der Waals surface area contributed by atoms with Crippen molar-refractivity contribution in [3.8, 4) is 0 Å². The largest absolute Gasteiger partial charge is 2.00 e. The number of hydrogen-bond acceptors (Lipinski definition) is 4. The van der Waals surface area contributed by atoms with Gasteiger partial charge in [-0.1, -0.05) is 12.2 Å². The third-order valence-corrected chi connectivity index (χ3v) is 3.48. The summed E-state index contributed by atoms with van der Waals surface area (Å²) in [5.41, 5.74) is -0.811. The summed E-state index contributed by atoms with van der Waals surface area (Å²) in [6.07, 6.45) is 19.3. The van der Waals surface area contributed by atoms with E-state index in [2.05, 4.69) is 4.99 Å². The fraction of sp³-hybridized carbons (Fsp3) is 0.316. The Morgan fingerprint density at radius 3 is 2.25 bits per heavy atom. The molecule has 1 aliphatic heterocycles. The molecule has 0 unspecified atom stereocenters. The van der Waals surface area contributed by atoms with Gasteiger partial charge in [0, 0.05) is 5.92 Å². The van der Waals surface area contributed by atoms with Crippen LogP contribution in [0.15, 0.2) is 17.1 Å². The van der Waals surface area contributed by atoms with Crippen molar-refractivity contribution in [3.05, 3.63) is 75.4 Å². The van der Waals surface area contributed by atoms with Crippen LogP contribution in [0.25, 0.3) is 0 Å². The molecule has 0 aromatic heterocycles. The Hall–Kier alpha value is -0.351. The molecule has 2 aliphatic carbocycles. The molecule has 24 heavy (non-hydrogen) atoms. The van der Waals surface area contributed by atoms with Crippen LogP contribution in [-0.4, -0.2) is 41.0 Å². The van der Waals surface area contributed by atoms with E-state index in [0.717, 1.165) is 11.8 Å². The van der Waals surface area contributed by atoms with Crippen LogP contribution in [0.2, 0.25) is 0 Å². The summed E-state index contributed by atoms with van der Waals surface area (Å²) in [4.78, 5) is 4.35. The predicted molar refractivity (Wildman–Crippen MR) is 90.6 cm³/mol. The molecule has 3 aliphatic rings. The fourth-order valence-corrected chi connectivity index (χ4v) is 2.10. The molecule has 0 spiro atoms. The van der Waals surface area contributed by atoms with E-state index < -0.39 is 5.60 Å². The van der Waals surface area contributed by atoms with E-state index in [9.17, 15) is 5.11 Å². The molecule has 2 saturated carbocycles. The number of rotatable bonds is 4. The van der Waals surface area contributed by atoms with Gasteiger partial charge in [0.15, 0.2) is 5.90 Å². The first kappa shape index (κ1) is 21.7. The van der Waals surface area contributed by atoms with E-state index in [1.807, 2.05) is 57.4 Å². The maximum Gasteiger partial charge on any atom is 2.00 e. The third-order valence-electron chi connectivity index (χ3n) is 3.48. The Morgan fingerprint density at radius 2 is 1.75 bits per heavy atom. The maximum absolute atomic E-state index is 9.75. The van der Waals surface area contributed by atoms with Crippen LogP contribution in [0.5, 0.6) is 0 Å². The van der Waals surface area contributed by atoms with E-state index in [1.165, 1.54) is 0 Å². The van der Waals surface area contributed by atoms with E-state index in [-0.39, 0.29) is 29.7 Å². The Morgan fingerprint density at radius 1 is 1.17 bits per heavy atom. The van der Waals surface area contributed by atoms with Crippen LogP contribution in [0.1, 0.15) is 13.8 Å². The molecule has 0 saturated heterocycles. The molecular formula is C19H23FeNO3+2. The fourth-order valence-electron chi connectivity index (χ4n) is 2.10. The second-order valence-electron chi connectivity index (χ2n) is 5.89. The van der Waals surface area contributed by atoms with Gasteiger partial charge in [0.2, 0.25) is 0 Å². The second-order valence-corrected chi connectivity index (χ2v) is 5.89. The normalized spacial score (nSPS) is 25.2. The van der Waals surface area contributed by atoms with Gasteiger partial charge in [-0.25, -0.2) is 4.99 Å². The number of ether oxygens (including phenoxy) is 1. The molecule has 1 heterocycles. The summed E-state index contributed by atoms with van der Waals surface area (Å²) in [5, 5.41) is 18.1. The van der Waals surface area contributed by atoms with Crippen molar-refractivity contribution >= 4 is 5.90 Å². The standard InChI is InChI=1S/C11H14NO2.C8H9O.Fe/c1-11(2,13)9-7-14-10(12-9)8-5-3-4-6-8;9-7-3-6-8-4-1-2-5-8;/h3-6,9,13H,7H2,1-2H3;1-6,9H,7H2;/q;;+2/b;6-3+;/t9-;;/m0../s1. The Labute approximate surface area is 157 Å². The quantitative estimate of drug-likeness (QED) is 0.745. The van der Waals surface area contributed by atoms with Crippen LogP contribution < -0.4 is 0 Å². The van der Waals surface area contributed by atoms with Gasteiger partial charge >= 0.3 is 17.1 Å². The average Bonchev–Trinajstić information content (AvgIpc) is 3.25. The van der Waals surface area contributed by atoms with Gasteiger partial charge in [-0.2, -0.15) is 0 Å². The van der Waals surface area contributed by atoms with Gasteiger partial charge in [-0.05, 0) is 65.2 Å². The minimum atomic E-state index is -0.811. The third kappa shape index (κ3) is 6.87. The van der Waals surface area contributed by atoms with Gasteiger partial charge in [-0.3, -0.25) is 0 Å². The number of hydrogen-bond donors (Lipinski definition) is 2. The zero-order chi connectivity index (χ0) is 16.7. The Kier molecular flexibility index (Phi) is 9.58. The molecule has 2 N–H and O–H groups in total. The van der Waals surface area contributed by atoms with E-state index in [0.29, 0.717) is 12.5 Å². The number of aliphatic imine (C=N–C) groups is 1. The molecule has 2 fully saturated rings. The van der Waals surface area contributed by atoms with Crippen molar-refractivity contribution in [2.24, 2.45) is 4.99 Å². The van der Waals surface area contributed by atoms with Gasteiger partial charge in [0.05, 0.1) is 18.1 Å². The molecule has 0 amide bonds. The van der Waals surface area contributed by atoms with Crippen LogP contribution in [0, 0.1) is 63.2 Å². The van der Waals surface area contributed by atoms with Crippen molar-refractivity contribution in [2.75, 3.05) is 13.2 Å². The van der Waals surface area contributed by atoms with Crippen molar-refractivity contribution in [2.45, 2.75) is 25.5 Å².